The van der Waals surface area contributed by atoms with E-state index in [1.807, 2.05) is 26.0 Å². The number of azide groups is 1. The Hall–Kier alpha value is -2.15. The first-order valence-electron chi connectivity index (χ1n) is 11.3. The smallest absolute Gasteiger partial charge is 0.261 e. The average molecular weight is 452 g/mol. The Morgan fingerprint density at radius 2 is 1.53 bits per heavy atom. The Kier molecular flexibility index (Phi) is 6.22. The summed E-state index contributed by atoms with van der Waals surface area (Å²) in [6, 6.07) is 21.0. The van der Waals surface area contributed by atoms with E-state index in [0.29, 0.717) is 13.0 Å². The molecule has 170 valence electrons. The number of nitrogens with zero attached hydrogens (tertiary/aromatic N) is 3. The zero-order valence-electron chi connectivity index (χ0n) is 19.6. The number of hydrogen-bond donors (Lipinski definition) is 0. The first kappa shape index (κ1) is 23.0. The van der Waals surface area contributed by atoms with Crippen LogP contribution in [0.3, 0.4) is 0 Å². The molecule has 1 saturated heterocycles. The van der Waals surface area contributed by atoms with Gasteiger partial charge in [0.05, 0.1) is 18.2 Å². The molecule has 2 fully saturated rings. The highest BCUT2D eigenvalue weighted by atomic mass is 28.4. The fourth-order valence-corrected chi connectivity index (χ4v) is 10.0. The van der Waals surface area contributed by atoms with E-state index < -0.39 is 14.1 Å². The van der Waals surface area contributed by atoms with Crippen LogP contribution in [-0.4, -0.2) is 39.0 Å². The lowest BCUT2D eigenvalue weighted by molar-refractivity contribution is -0.158. The molecule has 1 aliphatic heterocycles. The van der Waals surface area contributed by atoms with Gasteiger partial charge in [0.25, 0.3) is 8.32 Å². The van der Waals surface area contributed by atoms with Crippen molar-refractivity contribution in [1.29, 1.82) is 0 Å². The molecule has 32 heavy (non-hydrogen) atoms. The minimum atomic E-state index is -2.64. The van der Waals surface area contributed by atoms with Gasteiger partial charge in [0.15, 0.2) is 5.79 Å². The third kappa shape index (κ3) is 4.11. The summed E-state index contributed by atoms with van der Waals surface area (Å²) in [5.74, 6) is -0.590. The van der Waals surface area contributed by atoms with E-state index in [0.717, 1.165) is 0 Å². The Morgan fingerprint density at radius 1 is 1.00 bits per heavy atom. The van der Waals surface area contributed by atoms with Crippen LogP contribution in [-0.2, 0) is 13.9 Å². The highest BCUT2D eigenvalue weighted by Crippen LogP contribution is 2.44. The molecule has 0 bridgehead atoms. The summed E-state index contributed by atoms with van der Waals surface area (Å²) in [5, 5.41) is 6.44. The molecule has 1 saturated carbocycles. The van der Waals surface area contributed by atoms with Crippen LogP contribution in [0.15, 0.2) is 65.8 Å². The molecular weight excluding hydrogens is 418 g/mol. The van der Waals surface area contributed by atoms with Gasteiger partial charge in [-0.05, 0) is 41.2 Å². The zero-order valence-corrected chi connectivity index (χ0v) is 20.6. The summed E-state index contributed by atoms with van der Waals surface area (Å²) >= 11 is 0. The van der Waals surface area contributed by atoms with Gasteiger partial charge in [0, 0.05) is 17.4 Å². The summed E-state index contributed by atoms with van der Waals surface area (Å²) in [4.78, 5) is 3.06. The molecule has 2 aliphatic rings. The molecule has 2 aromatic carbocycles. The molecule has 0 aromatic heterocycles. The zero-order chi connectivity index (χ0) is 23.0. The molecule has 1 aliphatic carbocycles. The topological polar surface area (TPSA) is 76.5 Å². The number of rotatable bonds is 6. The van der Waals surface area contributed by atoms with E-state index in [9.17, 15) is 0 Å². The predicted octanol–water partition coefficient (Wildman–Crippen LogP) is 4.78. The van der Waals surface area contributed by atoms with Crippen LogP contribution in [0.4, 0.5) is 0 Å². The first-order chi connectivity index (χ1) is 15.2. The standard InChI is InChI=1S/C25H33N3O3Si/c1-24(2,3)32(19-12-8-6-9-13-19,20-14-10-7-11-15-20)29-17-18-16-21(27-28-26)23-22(18)30-25(4,5)31-23/h6-15,18,21-23H,16-17H2,1-5H3/t18-,21-,22-,23+/m1/s1. The van der Waals surface area contributed by atoms with E-state index in [2.05, 4.69) is 79.3 Å². The first-order valence-corrected chi connectivity index (χ1v) is 13.2. The molecule has 1 heterocycles. The van der Waals surface area contributed by atoms with Gasteiger partial charge in [-0.1, -0.05) is 86.5 Å². The Bertz CT molecular complexity index is 931. The van der Waals surface area contributed by atoms with Crippen molar-refractivity contribution in [1.82, 2.24) is 0 Å². The maximum absolute atomic E-state index is 9.06. The Balaban J connectivity index is 1.70. The summed E-state index contributed by atoms with van der Waals surface area (Å²) in [6.07, 6.45) is 0.334. The van der Waals surface area contributed by atoms with Gasteiger partial charge in [0.1, 0.15) is 0 Å². The van der Waals surface area contributed by atoms with Crippen LogP contribution < -0.4 is 10.4 Å². The van der Waals surface area contributed by atoms with Crippen LogP contribution in [0.2, 0.25) is 5.04 Å². The van der Waals surface area contributed by atoms with Crippen molar-refractivity contribution in [2.45, 2.75) is 70.1 Å². The van der Waals surface area contributed by atoms with Crippen LogP contribution in [0.5, 0.6) is 0 Å². The normalized spacial score (nSPS) is 27.0. The van der Waals surface area contributed by atoms with Crippen molar-refractivity contribution < 1.29 is 13.9 Å². The maximum atomic E-state index is 9.06. The van der Waals surface area contributed by atoms with Crippen molar-refractivity contribution in [3.05, 3.63) is 71.1 Å². The second-order valence-corrected chi connectivity index (χ2v) is 14.6. The molecule has 4 rings (SSSR count). The molecule has 7 heteroatoms. The molecular formula is C25H33N3O3Si. The summed E-state index contributed by atoms with van der Waals surface area (Å²) in [7, 11) is -2.64. The van der Waals surface area contributed by atoms with Crippen molar-refractivity contribution >= 4 is 18.7 Å². The summed E-state index contributed by atoms with van der Waals surface area (Å²) in [6.45, 7) is 11.2. The molecule has 2 aromatic rings. The molecule has 0 N–H and O–H groups in total. The molecule has 6 nitrogen and oxygen atoms in total. The van der Waals surface area contributed by atoms with E-state index in [4.69, 9.17) is 19.4 Å². The van der Waals surface area contributed by atoms with E-state index >= 15 is 0 Å². The molecule has 0 unspecified atom stereocenters. The lowest BCUT2D eigenvalue weighted by Gasteiger charge is -2.43. The quantitative estimate of drug-likeness (QED) is 0.274. The lowest BCUT2D eigenvalue weighted by atomic mass is 10.1. The van der Waals surface area contributed by atoms with Crippen molar-refractivity contribution in [3.63, 3.8) is 0 Å². The van der Waals surface area contributed by atoms with E-state index in [1.165, 1.54) is 10.4 Å². The van der Waals surface area contributed by atoms with Gasteiger partial charge in [-0.2, -0.15) is 0 Å². The van der Waals surface area contributed by atoms with Crippen LogP contribution in [0, 0.1) is 5.92 Å². The van der Waals surface area contributed by atoms with Crippen molar-refractivity contribution in [2.75, 3.05) is 6.61 Å². The minimum absolute atomic E-state index is 0.0930. The Labute approximate surface area is 191 Å². The third-order valence-corrected chi connectivity index (χ3v) is 11.7. The minimum Gasteiger partial charge on any atom is -0.407 e. The van der Waals surface area contributed by atoms with E-state index in [-0.39, 0.29) is 29.2 Å². The maximum Gasteiger partial charge on any atom is 0.261 e. The summed E-state index contributed by atoms with van der Waals surface area (Å²) < 4.78 is 19.5. The van der Waals surface area contributed by atoms with Crippen LogP contribution in [0.25, 0.3) is 10.4 Å². The molecule has 0 radical (unpaired) electrons. The summed E-state index contributed by atoms with van der Waals surface area (Å²) in [5.41, 5.74) is 9.06. The van der Waals surface area contributed by atoms with E-state index in [1.54, 1.807) is 0 Å². The van der Waals surface area contributed by atoms with Gasteiger partial charge in [-0.25, -0.2) is 0 Å². The van der Waals surface area contributed by atoms with Gasteiger partial charge < -0.3 is 13.9 Å². The second kappa shape index (κ2) is 8.65. The molecule has 0 amide bonds. The number of hydrogen-bond acceptors (Lipinski definition) is 4. The highest BCUT2D eigenvalue weighted by Gasteiger charge is 2.56. The number of benzene rings is 2. The Morgan fingerprint density at radius 3 is 2.03 bits per heavy atom. The van der Waals surface area contributed by atoms with Gasteiger partial charge in [-0.15, -0.1) is 0 Å². The van der Waals surface area contributed by atoms with Gasteiger partial charge in [0.2, 0.25) is 0 Å². The predicted molar refractivity (Wildman–Crippen MR) is 128 cm³/mol. The SMILES string of the molecule is CC1(C)O[C@@H]2[C@@H](CO[Si](c3ccccc3)(c3ccccc3)C(C)(C)C)C[C@@H](N=[N+]=[N-])[C@@H]2O1. The number of ether oxygens (including phenoxy) is 2. The third-order valence-electron chi connectivity index (χ3n) is 6.68. The van der Waals surface area contributed by atoms with Crippen LogP contribution >= 0.6 is 0 Å². The number of fused-ring (bicyclic) bond motifs is 1. The average Bonchev–Trinajstić information content (AvgIpc) is 3.23. The fraction of sp³-hybridized carbons (Fsp3) is 0.520. The fourth-order valence-electron chi connectivity index (χ4n) is 5.39. The van der Waals surface area contributed by atoms with Gasteiger partial charge >= 0.3 is 0 Å². The lowest BCUT2D eigenvalue weighted by Crippen LogP contribution is -2.67. The van der Waals surface area contributed by atoms with Gasteiger partial charge in [-0.3, -0.25) is 0 Å². The highest BCUT2D eigenvalue weighted by molar-refractivity contribution is 6.99. The van der Waals surface area contributed by atoms with Crippen molar-refractivity contribution in [2.24, 2.45) is 11.0 Å². The monoisotopic (exact) mass is 451 g/mol. The van der Waals surface area contributed by atoms with Crippen LogP contribution in [0.1, 0.15) is 41.0 Å². The largest absolute Gasteiger partial charge is 0.407 e. The molecule has 0 spiro atoms. The van der Waals surface area contributed by atoms with Crippen molar-refractivity contribution in [3.8, 4) is 0 Å². The molecule has 4 atom stereocenters. The second-order valence-electron chi connectivity index (χ2n) is 10.3.